The van der Waals surface area contributed by atoms with Crippen molar-refractivity contribution in [3.05, 3.63) is 55.6 Å². The summed E-state index contributed by atoms with van der Waals surface area (Å²) in [4.78, 5) is 20.4. The minimum atomic E-state index is -0.118. The molecule has 0 aliphatic carbocycles. The van der Waals surface area contributed by atoms with Crippen molar-refractivity contribution in [1.29, 1.82) is 0 Å². The van der Waals surface area contributed by atoms with E-state index >= 15 is 0 Å². The molecule has 0 saturated heterocycles. The first kappa shape index (κ1) is 16.6. The van der Waals surface area contributed by atoms with Crippen molar-refractivity contribution in [2.45, 2.75) is 30.9 Å². The van der Waals surface area contributed by atoms with Crippen LogP contribution in [-0.4, -0.2) is 9.97 Å². The first-order valence-corrected chi connectivity index (χ1v) is 8.77. The van der Waals surface area contributed by atoms with Crippen LogP contribution >= 0.6 is 39.3 Å². The van der Waals surface area contributed by atoms with Crippen molar-refractivity contribution >= 4 is 39.3 Å². The number of halogens is 2. The van der Waals surface area contributed by atoms with Gasteiger partial charge in [0.25, 0.3) is 5.56 Å². The molecular weight excluding hydrogens is 372 g/mol. The number of nitrogens with one attached hydrogen (secondary N) is 1. The summed E-state index contributed by atoms with van der Waals surface area (Å²) in [6.07, 6.45) is 0.781. The Labute approximate surface area is 141 Å². The first-order chi connectivity index (χ1) is 9.95. The van der Waals surface area contributed by atoms with Crippen LogP contribution in [0.4, 0.5) is 0 Å². The Kier molecular flexibility index (Phi) is 5.90. The molecule has 0 aliphatic heterocycles. The summed E-state index contributed by atoms with van der Waals surface area (Å²) in [5.74, 6) is 1.76. The Bertz CT molecular complexity index is 670. The molecule has 0 amide bonds. The van der Waals surface area contributed by atoms with Crippen LogP contribution in [-0.2, 0) is 12.2 Å². The van der Waals surface area contributed by atoms with Crippen molar-refractivity contribution in [3.63, 3.8) is 0 Å². The molecular formula is C15H16BrClN2OS. The van der Waals surface area contributed by atoms with Gasteiger partial charge in [0.15, 0.2) is 0 Å². The molecule has 0 spiro atoms. The fourth-order valence-electron chi connectivity index (χ4n) is 1.83. The smallest absolute Gasteiger partial charge is 0.265 e. The highest BCUT2D eigenvalue weighted by Crippen LogP contribution is 2.23. The van der Waals surface area contributed by atoms with Crippen LogP contribution in [0.25, 0.3) is 0 Å². The maximum atomic E-state index is 11.9. The van der Waals surface area contributed by atoms with E-state index in [-0.39, 0.29) is 5.56 Å². The van der Waals surface area contributed by atoms with Crippen LogP contribution in [0.15, 0.2) is 38.4 Å². The SMILES string of the molecule is CC(C)Cc1nc(CSc2ccc(Cl)cc2)[nH]c(=O)c1Br. The molecule has 1 aromatic heterocycles. The summed E-state index contributed by atoms with van der Waals surface area (Å²) in [5.41, 5.74) is 0.702. The number of benzene rings is 1. The minimum Gasteiger partial charge on any atom is -0.309 e. The molecule has 0 bridgehead atoms. The van der Waals surface area contributed by atoms with Gasteiger partial charge in [0.1, 0.15) is 10.3 Å². The van der Waals surface area contributed by atoms with Gasteiger partial charge in [-0.1, -0.05) is 25.4 Å². The lowest BCUT2D eigenvalue weighted by atomic mass is 10.1. The van der Waals surface area contributed by atoms with E-state index in [9.17, 15) is 4.79 Å². The number of thioether (sulfide) groups is 1. The molecule has 1 N–H and O–H groups in total. The monoisotopic (exact) mass is 386 g/mol. The number of H-pyrrole nitrogens is 1. The highest BCUT2D eigenvalue weighted by Gasteiger charge is 2.11. The largest absolute Gasteiger partial charge is 0.309 e. The predicted octanol–water partition coefficient (Wildman–Crippen LogP) is 4.68. The number of rotatable bonds is 5. The molecule has 0 unspecified atom stereocenters. The lowest BCUT2D eigenvalue weighted by Gasteiger charge is -2.08. The van der Waals surface area contributed by atoms with E-state index in [1.54, 1.807) is 11.8 Å². The van der Waals surface area contributed by atoms with Crippen molar-refractivity contribution in [2.24, 2.45) is 5.92 Å². The predicted molar refractivity (Wildman–Crippen MR) is 92.1 cm³/mol. The molecule has 0 radical (unpaired) electrons. The molecule has 0 aliphatic rings. The molecule has 2 rings (SSSR count). The summed E-state index contributed by atoms with van der Waals surface area (Å²) in [6, 6.07) is 7.62. The Morgan fingerprint density at radius 2 is 2.00 bits per heavy atom. The molecule has 21 heavy (non-hydrogen) atoms. The zero-order chi connectivity index (χ0) is 15.4. The number of aromatic amines is 1. The van der Waals surface area contributed by atoms with Crippen LogP contribution in [0.3, 0.4) is 0 Å². The zero-order valence-corrected chi connectivity index (χ0v) is 15.0. The normalized spacial score (nSPS) is 11.1. The lowest BCUT2D eigenvalue weighted by Crippen LogP contribution is -2.16. The molecule has 3 nitrogen and oxygen atoms in total. The lowest BCUT2D eigenvalue weighted by molar-refractivity contribution is 0.628. The second-order valence-electron chi connectivity index (χ2n) is 5.11. The highest BCUT2D eigenvalue weighted by molar-refractivity contribution is 9.10. The van der Waals surface area contributed by atoms with Crippen LogP contribution in [0.5, 0.6) is 0 Å². The summed E-state index contributed by atoms with van der Waals surface area (Å²) >= 11 is 10.8. The van der Waals surface area contributed by atoms with E-state index in [4.69, 9.17) is 11.6 Å². The van der Waals surface area contributed by atoms with Gasteiger partial charge < -0.3 is 4.98 Å². The van der Waals surface area contributed by atoms with Gasteiger partial charge in [-0.15, -0.1) is 11.8 Å². The van der Waals surface area contributed by atoms with Gasteiger partial charge in [-0.2, -0.15) is 0 Å². The molecule has 2 aromatic rings. The zero-order valence-electron chi connectivity index (χ0n) is 11.8. The van der Waals surface area contributed by atoms with Gasteiger partial charge >= 0.3 is 0 Å². The van der Waals surface area contributed by atoms with Gasteiger partial charge in [-0.3, -0.25) is 4.79 Å². The summed E-state index contributed by atoms with van der Waals surface area (Å²) in [5, 5.41) is 0.716. The third-order valence-electron chi connectivity index (χ3n) is 2.77. The Morgan fingerprint density at radius 1 is 1.33 bits per heavy atom. The number of hydrogen-bond donors (Lipinski definition) is 1. The molecule has 1 aromatic carbocycles. The van der Waals surface area contributed by atoms with Crippen LogP contribution in [0.2, 0.25) is 5.02 Å². The van der Waals surface area contributed by atoms with E-state index < -0.39 is 0 Å². The van der Waals surface area contributed by atoms with Crippen molar-refractivity contribution in [3.8, 4) is 0 Å². The molecule has 0 atom stereocenters. The fraction of sp³-hybridized carbons (Fsp3) is 0.333. The summed E-state index contributed by atoms with van der Waals surface area (Å²) in [6.45, 7) is 4.22. The Morgan fingerprint density at radius 3 is 2.62 bits per heavy atom. The molecule has 112 valence electrons. The maximum Gasteiger partial charge on any atom is 0.265 e. The van der Waals surface area contributed by atoms with Crippen molar-refractivity contribution in [1.82, 2.24) is 9.97 Å². The van der Waals surface area contributed by atoms with E-state index in [0.29, 0.717) is 27.0 Å². The number of hydrogen-bond acceptors (Lipinski definition) is 3. The van der Waals surface area contributed by atoms with Gasteiger partial charge in [0, 0.05) is 9.92 Å². The van der Waals surface area contributed by atoms with Gasteiger partial charge in [-0.05, 0) is 52.5 Å². The van der Waals surface area contributed by atoms with Gasteiger partial charge in [0.05, 0.1) is 11.4 Å². The second kappa shape index (κ2) is 7.47. The van der Waals surface area contributed by atoms with Crippen LogP contribution < -0.4 is 5.56 Å². The quantitative estimate of drug-likeness (QED) is 0.758. The topological polar surface area (TPSA) is 45.8 Å². The van der Waals surface area contributed by atoms with E-state index in [2.05, 4.69) is 39.7 Å². The standard InChI is InChI=1S/C15H16BrClN2OS/c1-9(2)7-12-14(16)15(20)19-13(18-12)8-21-11-5-3-10(17)4-6-11/h3-6,9H,7-8H2,1-2H3,(H,18,19,20). The average molecular weight is 388 g/mol. The van der Waals surface area contributed by atoms with Crippen LogP contribution in [0.1, 0.15) is 25.4 Å². The third kappa shape index (κ3) is 4.87. The molecule has 0 saturated carbocycles. The molecule has 1 heterocycles. The van der Waals surface area contributed by atoms with Crippen molar-refractivity contribution < 1.29 is 0 Å². The van der Waals surface area contributed by atoms with Gasteiger partial charge in [-0.25, -0.2) is 4.98 Å². The van der Waals surface area contributed by atoms with Crippen molar-refractivity contribution in [2.75, 3.05) is 0 Å². The second-order valence-corrected chi connectivity index (χ2v) is 7.39. The molecule has 6 heteroatoms. The summed E-state index contributed by atoms with van der Waals surface area (Å²) in [7, 11) is 0. The maximum absolute atomic E-state index is 11.9. The number of aromatic nitrogens is 2. The minimum absolute atomic E-state index is 0.118. The number of nitrogens with zero attached hydrogens (tertiary/aromatic N) is 1. The van der Waals surface area contributed by atoms with E-state index in [1.165, 1.54) is 0 Å². The van der Waals surface area contributed by atoms with Crippen LogP contribution in [0, 0.1) is 5.92 Å². The highest BCUT2D eigenvalue weighted by atomic mass is 79.9. The van der Waals surface area contributed by atoms with Gasteiger partial charge in [0.2, 0.25) is 0 Å². The molecule has 0 fully saturated rings. The Balaban J connectivity index is 2.14. The first-order valence-electron chi connectivity index (χ1n) is 6.61. The third-order valence-corrected chi connectivity index (χ3v) is 4.86. The Hall–Kier alpha value is -0.780. The van der Waals surface area contributed by atoms with E-state index in [0.717, 1.165) is 17.0 Å². The van der Waals surface area contributed by atoms with E-state index in [1.807, 2.05) is 24.3 Å². The summed E-state index contributed by atoms with van der Waals surface area (Å²) < 4.78 is 0.538. The fourth-order valence-corrected chi connectivity index (χ4v) is 3.07. The average Bonchev–Trinajstić information content (AvgIpc) is 2.43.